The molecule has 0 spiro atoms. The molecular weight excluding hydrogens is 253 g/mol. The lowest BCUT2D eigenvalue weighted by Crippen LogP contribution is -2.62. The topological polar surface area (TPSA) is 58.6 Å². The molecular formula is C10H15F3N2O3. The van der Waals surface area contributed by atoms with Crippen LogP contribution in [0.2, 0.25) is 0 Å². The van der Waals surface area contributed by atoms with Crippen molar-refractivity contribution in [3.05, 3.63) is 0 Å². The van der Waals surface area contributed by atoms with Crippen LogP contribution in [0.5, 0.6) is 0 Å². The molecule has 0 aromatic heterocycles. The summed E-state index contributed by atoms with van der Waals surface area (Å²) in [7, 11) is 0. The predicted molar refractivity (Wildman–Crippen MR) is 55.4 cm³/mol. The number of piperazine rings is 1. The zero-order valence-corrected chi connectivity index (χ0v) is 10.1. The van der Waals surface area contributed by atoms with Crippen molar-refractivity contribution in [3.63, 3.8) is 0 Å². The molecule has 2 atom stereocenters. The van der Waals surface area contributed by atoms with Gasteiger partial charge in [-0.15, -0.1) is 13.2 Å². The highest BCUT2D eigenvalue weighted by molar-refractivity contribution is 5.96. The van der Waals surface area contributed by atoms with E-state index in [0.29, 0.717) is 6.42 Å². The number of carbonyl (C=O) groups is 2. The second kappa shape index (κ2) is 5.55. The molecule has 1 aliphatic rings. The summed E-state index contributed by atoms with van der Waals surface area (Å²) < 4.78 is 39.1. The van der Waals surface area contributed by atoms with Crippen molar-refractivity contribution < 1.29 is 27.5 Å². The summed E-state index contributed by atoms with van der Waals surface area (Å²) in [5.41, 5.74) is 0. The van der Waals surface area contributed by atoms with Gasteiger partial charge < -0.3 is 10.2 Å². The van der Waals surface area contributed by atoms with Crippen molar-refractivity contribution in [3.8, 4) is 0 Å². The van der Waals surface area contributed by atoms with Crippen molar-refractivity contribution in [2.45, 2.75) is 38.7 Å². The Balaban J connectivity index is 2.60. The van der Waals surface area contributed by atoms with Crippen LogP contribution in [0.15, 0.2) is 0 Å². The molecule has 1 saturated heterocycles. The first-order chi connectivity index (χ1) is 8.26. The number of alkyl halides is 3. The number of hydrogen-bond acceptors (Lipinski definition) is 3. The van der Waals surface area contributed by atoms with Crippen LogP contribution in [-0.4, -0.2) is 48.3 Å². The van der Waals surface area contributed by atoms with E-state index in [1.807, 2.05) is 0 Å². The van der Waals surface area contributed by atoms with Gasteiger partial charge >= 0.3 is 6.36 Å². The van der Waals surface area contributed by atoms with E-state index >= 15 is 0 Å². The Labute approximate surface area is 102 Å². The molecule has 1 aliphatic heterocycles. The van der Waals surface area contributed by atoms with E-state index in [4.69, 9.17) is 0 Å². The average molecular weight is 268 g/mol. The lowest BCUT2D eigenvalue weighted by atomic mass is 10.1. The van der Waals surface area contributed by atoms with Crippen LogP contribution in [0, 0.1) is 0 Å². The molecule has 104 valence electrons. The van der Waals surface area contributed by atoms with Crippen LogP contribution in [0.4, 0.5) is 13.2 Å². The summed E-state index contributed by atoms with van der Waals surface area (Å²) in [6.45, 7) is 2.24. The first-order valence-electron chi connectivity index (χ1n) is 5.57. The van der Waals surface area contributed by atoms with Gasteiger partial charge in [0.05, 0.1) is 6.61 Å². The van der Waals surface area contributed by atoms with Crippen LogP contribution < -0.4 is 5.32 Å². The van der Waals surface area contributed by atoms with Gasteiger partial charge in [-0.3, -0.25) is 14.3 Å². The smallest absolute Gasteiger partial charge is 0.343 e. The zero-order chi connectivity index (χ0) is 13.9. The van der Waals surface area contributed by atoms with Crippen molar-refractivity contribution >= 4 is 11.8 Å². The fraction of sp³-hybridized carbons (Fsp3) is 0.800. The van der Waals surface area contributed by atoms with Gasteiger partial charge in [0.15, 0.2) is 0 Å². The molecule has 0 aromatic rings. The Morgan fingerprint density at radius 1 is 1.39 bits per heavy atom. The largest absolute Gasteiger partial charge is 0.522 e. The fourth-order valence-electron chi connectivity index (χ4n) is 1.73. The maximum Gasteiger partial charge on any atom is 0.522 e. The van der Waals surface area contributed by atoms with Crippen LogP contribution in [0.25, 0.3) is 0 Å². The van der Waals surface area contributed by atoms with Gasteiger partial charge in [0.1, 0.15) is 12.1 Å². The molecule has 1 fully saturated rings. The molecule has 0 radical (unpaired) electrons. The first kappa shape index (κ1) is 14.7. The Hall–Kier alpha value is -1.31. The summed E-state index contributed by atoms with van der Waals surface area (Å²) in [5, 5.41) is 2.51. The molecule has 0 aliphatic carbocycles. The zero-order valence-electron chi connectivity index (χ0n) is 10.1. The van der Waals surface area contributed by atoms with Gasteiger partial charge in [0.25, 0.3) is 0 Å². The van der Waals surface area contributed by atoms with Crippen molar-refractivity contribution in [1.82, 2.24) is 10.2 Å². The predicted octanol–water partition coefficient (Wildman–Crippen LogP) is 0.648. The lowest BCUT2D eigenvalue weighted by molar-refractivity contribution is -0.325. The maximum atomic E-state index is 11.8. The van der Waals surface area contributed by atoms with Crippen molar-refractivity contribution in [2.75, 3.05) is 13.2 Å². The number of nitrogens with zero attached hydrogens (tertiary/aromatic N) is 1. The Kier molecular flexibility index (Phi) is 4.55. The van der Waals surface area contributed by atoms with E-state index in [2.05, 4.69) is 10.1 Å². The van der Waals surface area contributed by atoms with Crippen LogP contribution >= 0.6 is 0 Å². The maximum absolute atomic E-state index is 11.8. The lowest BCUT2D eigenvalue weighted by Gasteiger charge is -2.37. The molecule has 0 saturated carbocycles. The summed E-state index contributed by atoms with van der Waals surface area (Å²) in [4.78, 5) is 24.5. The Morgan fingerprint density at radius 2 is 2.00 bits per heavy atom. The number of rotatable bonds is 4. The van der Waals surface area contributed by atoms with E-state index in [0.717, 1.165) is 4.90 Å². The summed E-state index contributed by atoms with van der Waals surface area (Å²) in [6.07, 6.45) is -4.33. The molecule has 2 amide bonds. The molecule has 1 N–H and O–H groups in total. The van der Waals surface area contributed by atoms with Crippen LogP contribution in [0.3, 0.4) is 0 Å². The molecule has 0 bridgehead atoms. The minimum Gasteiger partial charge on any atom is -0.343 e. The van der Waals surface area contributed by atoms with Gasteiger partial charge in [0, 0.05) is 6.54 Å². The number of carbonyl (C=O) groups excluding carboxylic acids is 2. The monoisotopic (exact) mass is 268 g/mol. The first-order valence-corrected chi connectivity index (χ1v) is 5.57. The molecule has 8 heteroatoms. The average Bonchev–Trinajstić information content (AvgIpc) is 2.26. The Morgan fingerprint density at radius 3 is 2.50 bits per heavy atom. The highest BCUT2D eigenvalue weighted by atomic mass is 19.4. The molecule has 0 aromatic carbocycles. The molecule has 18 heavy (non-hydrogen) atoms. The van der Waals surface area contributed by atoms with Gasteiger partial charge in [-0.05, 0) is 13.3 Å². The van der Waals surface area contributed by atoms with E-state index in [1.54, 1.807) is 6.92 Å². The van der Waals surface area contributed by atoms with Gasteiger partial charge in [-0.25, -0.2) is 0 Å². The second-order valence-corrected chi connectivity index (χ2v) is 3.97. The number of nitrogens with one attached hydrogen (secondary N) is 1. The SMILES string of the molecule is CCC1NC(=O)C(C)N(CCOC(F)(F)F)C1=O. The number of ether oxygens (including phenoxy) is 1. The molecule has 1 heterocycles. The van der Waals surface area contributed by atoms with Gasteiger partial charge in [-0.1, -0.05) is 6.92 Å². The summed E-state index contributed by atoms with van der Waals surface area (Å²) >= 11 is 0. The Bertz CT molecular complexity index is 333. The number of hydrogen-bond donors (Lipinski definition) is 1. The van der Waals surface area contributed by atoms with Crippen LogP contribution in [-0.2, 0) is 14.3 Å². The third kappa shape index (κ3) is 3.59. The van der Waals surface area contributed by atoms with E-state index in [-0.39, 0.29) is 18.4 Å². The third-order valence-corrected chi connectivity index (χ3v) is 2.75. The fourth-order valence-corrected chi connectivity index (χ4v) is 1.73. The van der Waals surface area contributed by atoms with Gasteiger partial charge in [-0.2, -0.15) is 0 Å². The quantitative estimate of drug-likeness (QED) is 0.814. The van der Waals surface area contributed by atoms with Crippen molar-refractivity contribution in [1.29, 1.82) is 0 Å². The second-order valence-electron chi connectivity index (χ2n) is 3.97. The third-order valence-electron chi connectivity index (χ3n) is 2.75. The summed E-state index contributed by atoms with van der Waals surface area (Å²) in [5.74, 6) is -0.746. The highest BCUT2D eigenvalue weighted by Gasteiger charge is 2.37. The number of amides is 2. The molecule has 5 nitrogen and oxygen atoms in total. The number of halogens is 3. The highest BCUT2D eigenvalue weighted by Crippen LogP contribution is 2.17. The van der Waals surface area contributed by atoms with E-state index < -0.39 is 25.1 Å². The van der Waals surface area contributed by atoms with E-state index in [1.165, 1.54) is 6.92 Å². The van der Waals surface area contributed by atoms with E-state index in [9.17, 15) is 22.8 Å². The normalized spacial score (nSPS) is 25.3. The standard InChI is InChI=1S/C10H15F3N2O3/c1-3-7-9(17)15(6(2)8(16)14-7)4-5-18-10(11,12)13/h6-7H,3-5H2,1-2H3,(H,14,16). The minimum atomic E-state index is -4.73. The summed E-state index contributed by atoms with van der Waals surface area (Å²) in [6, 6.07) is -1.45. The van der Waals surface area contributed by atoms with Crippen LogP contribution in [0.1, 0.15) is 20.3 Å². The van der Waals surface area contributed by atoms with Gasteiger partial charge in [0.2, 0.25) is 11.8 Å². The molecule has 2 unspecified atom stereocenters. The van der Waals surface area contributed by atoms with Crippen molar-refractivity contribution in [2.24, 2.45) is 0 Å². The minimum absolute atomic E-state index is 0.260. The molecule has 1 rings (SSSR count).